The molecule has 6 nitrogen and oxygen atoms in total. The maximum Gasteiger partial charge on any atom is 0.308 e. The van der Waals surface area contributed by atoms with Crippen LogP contribution in [0.5, 0.6) is 0 Å². The Hall–Kier alpha value is -1.89. The highest BCUT2D eigenvalue weighted by molar-refractivity contribution is 7.91. The predicted molar refractivity (Wildman–Crippen MR) is 85.0 cm³/mol. The number of sulfone groups is 1. The van der Waals surface area contributed by atoms with Crippen LogP contribution in [0.2, 0.25) is 0 Å². The number of hydrogen-bond donors (Lipinski definition) is 1. The molecule has 1 fully saturated rings. The molecule has 1 atom stereocenters. The van der Waals surface area contributed by atoms with Gasteiger partial charge in [-0.1, -0.05) is 19.9 Å². The second-order valence-corrected chi connectivity index (χ2v) is 8.14. The average molecular weight is 339 g/mol. The van der Waals surface area contributed by atoms with Crippen LogP contribution in [0, 0.1) is 5.92 Å². The number of carboxylic acids is 1. The molecule has 0 bridgehead atoms. The smallest absolute Gasteiger partial charge is 0.308 e. The van der Waals surface area contributed by atoms with Crippen LogP contribution in [-0.2, 0) is 14.6 Å². The van der Waals surface area contributed by atoms with Crippen molar-refractivity contribution < 1.29 is 23.1 Å². The van der Waals surface area contributed by atoms with Gasteiger partial charge in [0, 0.05) is 18.2 Å². The van der Waals surface area contributed by atoms with Crippen molar-refractivity contribution in [3.8, 4) is 0 Å². The summed E-state index contributed by atoms with van der Waals surface area (Å²) in [6.45, 7) is 3.24. The number of amides is 1. The summed E-state index contributed by atoms with van der Waals surface area (Å²) in [6.07, 6.45) is 1.70. The molecule has 23 heavy (non-hydrogen) atoms. The third kappa shape index (κ3) is 4.10. The first-order valence-electron chi connectivity index (χ1n) is 7.63. The second kappa shape index (κ2) is 6.70. The normalized spacial score (nSPS) is 15.9. The molecule has 1 aromatic rings. The molecule has 0 spiro atoms. The van der Waals surface area contributed by atoms with Gasteiger partial charge in [0.25, 0.3) is 5.91 Å². The van der Waals surface area contributed by atoms with Crippen LogP contribution in [0.3, 0.4) is 0 Å². The maximum absolute atomic E-state index is 12.7. The number of hydrogen-bond acceptors (Lipinski definition) is 4. The Bertz CT molecular complexity index is 709. The van der Waals surface area contributed by atoms with E-state index in [2.05, 4.69) is 0 Å². The monoisotopic (exact) mass is 339 g/mol. The molecule has 126 valence electrons. The number of benzene rings is 1. The van der Waals surface area contributed by atoms with E-state index in [9.17, 15) is 18.0 Å². The lowest BCUT2D eigenvalue weighted by atomic mass is 10.1. The first-order valence-corrected chi connectivity index (χ1v) is 9.28. The molecule has 0 radical (unpaired) electrons. The summed E-state index contributed by atoms with van der Waals surface area (Å²) >= 11 is 0. The zero-order valence-electron chi connectivity index (χ0n) is 13.2. The summed E-state index contributed by atoms with van der Waals surface area (Å²) in [7, 11) is -3.39. The predicted octanol–water partition coefficient (Wildman–Crippen LogP) is 1.81. The Balaban J connectivity index is 2.27. The van der Waals surface area contributed by atoms with Crippen LogP contribution in [0.15, 0.2) is 29.2 Å². The van der Waals surface area contributed by atoms with Gasteiger partial charge in [0.05, 0.1) is 16.6 Å². The quantitative estimate of drug-likeness (QED) is 0.818. The van der Waals surface area contributed by atoms with Crippen molar-refractivity contribution in [1.82, 2.24) is 4.90 Å². The van der Waals surface area contributed by atoms with Crippen LogP contribution < -0.4 is 0 Å². The first-order chi connectivity index (χ1) is 10.8. The minimum Gasteiger partial charge on any atom is -0.481 e. The molecule has 1 aromatic carbocycles. The molecule has 0 heterocycles. The largest absolute Gasteiger partial charge is 0.481 e. The molecule has 7 heteroatoms. The van der Waals surface area contributed by atoms with Crippen molar-refractivity contribution in [2.75, 3.05) is 12.3 Å². The van der Waals surface area contributed by atoms with Crippen molar-refractivity contribution in [3.05, 3.63) is 29.8 Å². The molecule has 1 saturated carbocycles. The fraction of sp³-hybridized carbons (Fsp3) is 0.500. The molecule has 0 aliphatic heterocycles. The van der Waals surface area contributed by atoms with Gasteiger partial charge in [-0.25, -0.2) is 8.42 Å². The lowest BCUT2D eigenvalue weighted by Crippen LogP contribution is -2.38. The molecular weight excluding hydrogens is 318 g/mol. The van der Waals surface area contributed by atoms with Gasteiger partial charge in [-0.05, 0) is 31.0 Å². The summed E-state index contributed by atoms with van der Waals surface area (Å²) in [4.78, 5) is 25.4. The van der Waals surface area contributed by atoms with Crippen LogP contribution in [-0.4, -0.2) is 48.6 Å². The number of carboxylic acid groups (broad SMARTS) is 1. The number of carbonyl (C=O) groups excluding carboxylic acids is 1. The lowest BCUT2D eigenvalue weighted by Gasteiger charge is -2.24. The summed E-state index contributed by atoms with van der Waals surface area (Å²) in [5, 5.41) is 9.05. The highest BCUT2D eigenvalue weighted by atomic mass is 32.2. The Kier molecular flexibility index (Phi) is 5.09. The van der Waals surface area contributed by atoms with Gasteiger partial charge in [0.2, 0.25) is 0 Å². The molecule has 2 rings (SSSR count). The molecule has 1 unspecified atom stereocenters. The first kappa shape index (κ1) is 17.5. The molecule has 0 aromatic heterocycles. The maximum atomic E-state index is 12.7. The van der Waals surface area contributed by atoms with E-state index in [4.69, 9.17) is 5.11 Å². The van der Waals surface area contributed by atoms with Gasteiger partial charge < -0.3 is 10.0 Å². The van der Waals surface area contributed by atoms with E-state index in [1.807, 2.05) is 0 Å². The SMILES string of the molecule is CCS(=O)(=O)c1cccc(C(=O)N(CC(C)C(=O)O)C2CC2)c1. The van der Waals surface area contributed by atoms with E-state index in [0.29, 0.717) is 0 Å². The van der Waals surface area contributed by atoms with Crippen LogP contribution in [0.1, 0.15) is 37.0 Å². The van der Waals surface area contributed by atoms with Gasteiger partial charge in [0.15, 0.2) is 9.84 Å². The zero-order chi connectivity index (χ0) is 17.2. The van der Waals surface area contributed by atoms with Gasteiger partial charge in [-0.15, -0.1) is 0 Å². The van der Waals surface area contributed by atoms with E-state index in [1.54, 1.807) is 30.9 Å². The third-order valence-electron chi connectivity index (χ3n) is 3.96. The van der Waals surface area contributed by atoms with E-state index < -0.39 is 21.7 Å². The van der Waals surface area contributed by atoms with Crippen molar-refractivity contribution in [1.29, 1.82) is 0 Å². The van der Waals surface area contributed by atoms with E-state index in [-0.39, 0.29) is 34.7 Å². The summed E-state index contributed by atoms with van der Waals surface area (Å²) < 4.78 is 23.9. The Morgan fingerprint density at radius 3 is 2.52 bits per heavy atom. The number of aliphatic carboxylic acids is 1. The van der Waals surface area contributed by atoms with Crippen molar-refractivity contribution >= 4 is 21.7 Å². The molecule has 1 aliphatic carbocycles. The molecule has 1 amide bonds. The Labute approximate surface area is 136 Å². The minimum absolute atomic E-state index is 0.0347. The Morgan fingerprint density at radius 1 is 1.35 bits per heavy atom. The summed E-state index contributed by atoms with van der Waals surface area (Å²) in [6, 6.07) is 6.01. The number of nitrogens with zero attached hydrogens (tertiary/aromatic N) is 1. The van der Waals surface area contributed by atoms with Crippen LogP contribution in [0.4, 0.5) is 0 Å². The lowest BCUT2D eigenvalue weighted by molar-refractivity contribution is -0.141. The fourth-order valence-corrected chi connectivity index (χ4v) is 3.24. The summed E-state index contributed by atoms with van der Waals surface area (Å²) in [5.41, 5.74) is 0.281. The van der Waals surface area contributed by atoms with Crippen molar-refractivity contribution in [2.45, 2.75) is 37.6 Å². The molecule has 0 saturated heterocycles. The van der Waals surface area contributed by atoms with Gasteiger partial charge in [-0.2, -0.15) is 0 Å². The standard InChI is InChI=1S/C16H21NO5S/c1-3-23(21,22)14-6-4-5-12(9-14)15(18)17(13-7-8-13)10-11(2)16(19)20/h4-6,9,11,13H,3,7-8,10H2,1-2H3,(H,19,20). The van der Waals surface area contributed by atoms with E-state index >= 15 is 0 Å². The highest BCUT2D eigenvalue weighted by Gasteiger charge is 2.35. The van der Waals surface area contributed by atoms with Gasteiger partial charge >= 0.3 is 5.97 Å². The minimum atomic E-state index is -3.39. The van der Waals surface area contributed by atoms with Gasteiger partial charge in [-0.3, -0.25) is 9.59 Å². The average Bonchev–Trinajstić information content (AvgIpc) is 3.36. The molecule has 1 aliphatic rings. The molecule has 1 N–H and O–H groups in total. The number of carbonyl (C=O) groups is 2. The number of rotatable bonds is 7. The topological polar surface area (TPSA) is 91.8 Å². The fourth-order valence-electron chi connectivity index (χ4n) is 2.31. The van der Waals surface area contributed by atoms with Crippen LogP contribution in [0.25, 0.3) is 0 Å². The van der Waals surface area contributed by atoms with E-state index in [0.717, 1.165) is 12.8 Å². The highest BCUT2D eigenvalue weighted by Crippen LogP contribution is 2.29. The van der Waals surface area contributed by atoms with Crippen molar-refractivity contribution in [2.24, 2.45) is 5.92 Å². The molecular formula is C16H21NO5S. The van der Waals surface area contributed by atoms with E-state index in [1.165, 1.54) is 12.1 Å². The van der Waals surface area contributed by atoms with Crippen molar-refractivity contribution in [3.63, 3.8) is 0 Å². The second-order valence-electron chi connectivity index (χ2n) is 5.86. The Morgan fingerprint density at radius 2 is 2.00 bits per heavy atom. The van der Waals surface area contributed by atoms with Gasteiger partial charge in [0.1, 0.15) is 0 Å². The van der Waals surface area contributed by atoms with Crippen LogP contribution >= 0.6 is 0 Å². The zero-order valence-corrected chi connectivity index (χ0v) is 14.0. The third-order valence-corrected chi connectivity index (χ3v) is 5.69. The summed E-state index contributed by atoms with van der Waals surface area (Å²) in [5.74, 6) is -1.96.